The molecule has 2 aromatic rings. The van der Waals surface area contributed by atoms with Crippen molar-refractivity contribution < 1.29 is 23.9 Å². The van der Waals surface area contributed by atoms with Crippen LogP contribution >= 0.6 is 0 Å². The quantitative estimate of drug-likeness (QED) is 0.818. The number of carbonyl (C=O) groups excluding carboxylic acids is 3. The second kappa shape index (κ2) is 7.61. The number of Topliss-reactive ketones (excluding diaryl/α,β-unsaturated/α-hetero) is 1. The fraction of sp³-hybridized carbons (Fsp3) is 0.286. The van der Waals surface area contributed by atoms with Crippen LogP contribution in [-0.2, 0) is 9.53 Å². The highest BCUT2D eigenvalue weighted by Gasteiger charge is 2.31. The SMILES string of the molecule is COC(=O)c1ccc(NC(=O)COc2ccc(C)c3c2C(=O)CC3C)cc1. The van der Waals surface area contributed by atoms with E-state index in [-0.39, 0.29) is 24.2 Å². The number of ether oxygens (including phenoxy) is 2. The van der Waals surface area contributed by atoms with Crippen molar-refractivity contribution in [1.29, 1.82) is 0 Å². The van der Waals surface area contributed by atoms with Crippen LogP contribution < -0.4 is 10.1 Å². The summed E-state index contributed by atoms with van der Waals surface area (Å²) in [6, 6.07) is 10.00. The minimum absolute atomic E-state index is 0.0509. The van der Waals surface area contributed by atoms with E-state index in [4.69, 9.17) is 4.74 Å². The van der Waals surface area contributed by atoms with Crippen molar-refractivity contribution in [3.63, 3.8) is 0 Å². The molecule has 3 rings (SSSR count). The Balaban J connectivity index is 1.65. The molecule has 1 amide bonds. The molecule has 1 aliphatic carbocycles. The van der Waals surface area contributed by atoms with E-state index in [1.807, 2.05) is 19.9 Å². The molecule has 27 heavy (non-hydrogen) atoms. The topological polar surface area (TPSA) is 81.7 Å². The van der Waals surface area contributed by atoms with Crippen molar-refractivity contribution in [2.45, 2.75) is 26.2 Å². The number of ketones is 1. The maximum Gasteiger partial charge on any atom is 0.337 e. The van der Waals surface area contributed by atoms with E-state index in [2.05, 4.69) is 10.1 Å². The normalized spacial score (nSPS) is 15.2. The van der Waals surface area contributed by atoms with E-state index in [1.54, 1.807) is 30.3 Å². The van der Waals surface area contributed by atoms with Crippen molar-refractivity contribution >= 4 is 23.3 Å². The second-order valence-electron chi connectivity index (χ2n) is 6.60. The molecule has 0 radical (unpaired) electrons. The molecule has 0 aliphatic heterocycles. The highest BCUT2D eigenvalue weighted by atomic mass is 16.5. The molecule has 0 heterocycles. The number of esters is 1. The number of benzene rings is 2. The Hall–Kier alpha value is -3.15. The Morgan fingerprint density at radius 2 is 1.85 bits per heavy atom. The van der Waals surface area contributed by atoms with Crippen LogP contribution in [0.2, 0.25) is 0 Å². The van der Waals surface area contributed by atoms with Gasteiger partial charge in [0.25, 0.3) is 5.91 Å². The molecule has 2 aromatic carbocycles. The maximum atomic E-state index is 12.3. The molecule has 1 unspecified atom stereocenters. The van der Waals surface area contributed by atoms with Gasteiger partial charge in [-0.1, -0.05) is 13.0 Å². The molecule has 140 valence electrons. The van der Waals surface area contributed by atoms with Gasteiger partial charge in [-0.2, -0.15) is 0 Å². The fourth-order valence-electron chi connectivity index (χ4n) is 3.38. The molecule has 0 bridgehead atoms. The molecule has 6 nitrogen and oxygen atoms in total. The predicted molar refractivity (Wildman–Crippen MR) is 100 cm³/mol. The van der Waals surface area contributed by atoms with Crippen molar-refractivity contribution in [2.75, 3.05) is 19.0 Å². The third-order valence-electron chi connectivity index (χ3n) is 4.64. The Kier molecular flexibility index (Phi) is 5.26. The summed E-state index contributed by atoms with van der Waals surface area (Å²) in [6.45, 7) is 3.78. The first-order valence-corrected chi connectivity index (χ1v) is 8.68. The minimum Gasteiger partial charge on any atom is -0.483 e. The van der Waals surface area contributed by atoms with Gasteiger partial charge in [-0.3, -0.25) is 9.59 Å². The van der Waals surface area contributed by atoms with E-state index in [0.717, 1.165) is 11.1 Å². The van der Waals surface area contributed by atoms with Crippen LogP contribution in [0.25, 0.3) is 0 Å². The average Bonchev–Trinajstić information content (AvgIpc) is 2.96. The molecule has 0 saturated heterocycles. The number of hydrogen-bond donors (Lipinski definition) is 1. The van der Waals surface area contributed by atoms with E-state index in [9.17, 15) is 14.4 Å². The number of aryl methyl sites for hydroxylation is 1. The third-order valence-corrected chi connectivity index (χ3v) is 4.64. The predicted octanol–water partition coefficient (Wildman–Crippen LogP) is 3.49. The molecule has 1 aliphatic rings. The van der Waals surface area contributed by atoms with Gasteiger partial charge in [0.15, 0.2) is 12.4 Å². The van der Waals surface area contributed by atoms with Gasteiger partial charge in [0, 0.05) is 12.1 Å². The lowest BCUT2D eigenvalue weighted by molar-refractivity contribution is -0.118. The van der Waals surface area contributed by atoms with Gasteiger partial charge in [-0.25, -0.2) is 4.79 Å². The van der Waals surface area contributed by atoms with Crippen molar-refractivity contribution in [3.05, 3.63) is 58.7 Å². The van der Waals surface area contributed by atoms with Crippen LogP contribution in [0.5, 0.6) is 5.75 Å². The summed E-state index contributed by atoms with van der Waals surface area (Å²) in [4.78, 5) is 35.9. The van der Waals surface area contributed by atoms with Crippen LogP contribution in [0.3, 0.4) is 0 Å². The standard InChI is InChI=1S/C21H21NO5/c1-12-4-9-17(20-16(23)10-13(2)19(12)20)27-11-18(24)22-15-7-5-14(6-8-15)21(25)26-3/h4-9,13H,10-11H2,1-3H3,(H,22,24). The van der Waals surface area contributed by atoms with Gasteiger partial charge < -0.3 is 14.8 Å². The van der Waals surface area contributed by atoms with Crippen LogP contribution in [0.1, 0.15) is 51.1 Å². The summed E-state index contributed by atoms with van der Waals surface area (Å²) in [7, 11) is 1.31. The number of fused-ring (bicyclic) bond motifs is 1. The number of carbonyl (C=O) groups is 3. The van der Waals surface area contributed by atoms with E-state index >= 15 is 0 Å². The molecule has 0 aromatic heterocycles. The smallest absolute Gasteiger partial charge is 0.337 e. The van der Waals surface area contributed by atoms with E-state index < -0.39 is 5.97 Å². The Labute approximate surface area is 157 Å². The fourth-order valence-corrected chi connectivity index (χ4v) is 3.38. The molecule has 0 fully saturated rings. The zero-order chi connectivity index (χ0) is 19.6. The van der Waals surface area contributed by atoms with Crippen LogP contribution in [-0.4, -0.2) is 31.4 Å². The number of nitrogens with one attached hydrogen (secondary N) is 1. The summed E-state index contributed by atoms with van der Waals surface area (Å²) in [5.74, 6) is -0.133. The van der Waals surface area contributed by atoms with Gasteiger partial charge in [-0.05, 0) is 54.3 Å². The number of amides is 1. The summed E-state index contributed by atoms with van der Waals surface area (Å²) in [5, 5.41) is 2.69. The lowest BCUT2D eigenvalue weighted by atomic mass is 9.97. The molecule has 1 N–H and O–H groups in total. The second-order valence-corrected chi connectivity index (χ2v) is 6.60. The van der Waals surface area contributed by atoms with E-state index in [1.165, 1.54) is 7.11 Å². The maximum absolute atomic E-state index is 12.3. The first-order valence-electron chi connectivity index (χ1n) is 8.68. The summed E-state index contributed by atoms with van der Waals surface area (Å²) in [5.41, 5.74) is 3.60. The summed E-state index contributed by atoms with van der Waals surface area (Å²) in [6.07, 6.45) is 0.468. The van der Waals surface area contributed by atoms with E-state index in [0.29, 0.717) is 29.0 Å². The molecule has 0 spiro atoms. The van der Waals surface area contributed by atoms with Gasteiger partial charge in [0.2, 0.25) is 0 Å². The number of hydrogen-bond acceptors (Lipinski definition) is 5. The largest absolute Gasteiger partial charge is 0.483 e. The lowest BCUT2D eigenvalue weighted by Gasteiger charge is -2.13. The highest BCUT2D eigenvalue weighted by Crippen LogP contribution is 2.40. The summed E-state index contributed by atoms with van der Waals surface area (Å²) < 4.78 is 10.3. The molecule has 6 heteroatoms. The van der Waals surface area contributed by atoms with Gasteiger partial charge in [0.1, 0.15) is 5.75 Å². The van der Waals surface area contributed by atoms with Crippen LogP contribution in [0.4, 0.5) is 5.69 Å². The zero-order valence-corrected chi connectivity index (χ0v) is 15.5. The molecule has 0 saturated carbocycles. The Morgan fingerprint density at radius 1 is 1.15 bits per heavy atom. The van der Waals surface area contributed by atoms with Gasteiger partial charge >= 0.3 is 5.97 Å². The van der Waals surface area contributed by atoms with Gasteiger partial charge in [0.05, 0.1) is 18.2 Å². The molecule has 1 atom stereocenters. The average molecular weight is 367 g/mol. The highest BCUT2D eigenvalue weighted by molar-refractivity contribution is 6.04. The lowest BCUT2D eigenvalue weighted by Crippen LogP contribution is -2.21. The Bertz CT molecular complexity index is 902. The monoisotopic (exact) mass is 367 g/mol. The third kappa shape index (κ3) is 3.84. The minimum atomic E-state index is -0.441. The van der Waals surface area contributed by atoms with Crippen LogP contribution in [0, 0.1) is 6.92 Å². The van der Waals surface area contributed by atoms with Gasteiger partial charge in [-0.15, -0.1) is 0 Å². The number of rotatable bonds is 5. The zero-order valence-electron chi connectivity index (χ0n) is 15.5. The first-order chi connectivity index (χ1) is 12.9. The molecular weight excluding hydrogens is 346 g/mol. The van der Waals surface area contributed by atoms with Crippen molar-refractivity contribution in [3.8, 4) is 5.75 Å². The van der Waals surface area contributed by atoms with Crippen molar-refractivity contribution in [1.82, 2.24) is 0 Å². The Morgan fingerprint density at radius 3 is 2.52 bits per heavy atom. The van der Waals surface area contributed by atoms with Crippen molar-refractivity contribution in [2.24, 2.45) is 0 Å². The number of methoxy groups -OCH3 is 1. The summed E-state index contributed by atoms with van der Waals surface area (Å²) >= 11 is 0. The molecular formula is C21H21NO5. The number of anilines is 1. The van der Waals surface area contributed by atoms with Crippen LogP contribution in [0.15, 0.2) is 36.4 Å². The first kappa shape index (κ1) is 18.6.